The van der Waals surface area contributed by atoms with Crippen LogP contribution in [0.3, 0.4) is 0 Å². The number of rotatable bonds is 5. The van der Waals surface area contributed by atoms with E-state index in [1.165, 1.54) is 12.6 Å². The molecule has 0 radical (unpaired) electrons. The first-order chi connectivity index (χ1) is 20.0. The van der Waals surface area contributed by atoms with Gasteiger partial charge < -0.3 is 19.4 Å². The normalized spacial score (nSPS) is 20.8. The topological polar surface area (TPSA) is 70.5 Å². The smallest absolute Gasteiger partial charge is 0.318 e. The Hall–Kier alpha value is -3.56. The molecule has 0 saturated carbocycles. The molecule has 1 fully saturated rings. The van der Waals surface area contributed by atoms with Crippen LogP contribution >= 0.6 is 11.6 Å². The maximum absolute atomic E-state index is 14.9. The minimum atomic E-state index is -0.269. The maximum Gasteiger partial charge on any atom is 0.318 e. The number of anilines is 2. The van der Waals surface area contributed by atoms with Crippen LogP contribution in [-0.2, 0) is 25.9 Å². The molecule has 8 nitrogen and oxygen atoms in total. The Labute approximate surface area is 244 Å². The van der Waals surface area contributed by atoms with Crippen molar-refractivity contribution >= 4 is 33.9 Å². The molecule has 2 atom stereocenters. The fourth-order valence-corrected chi connectivity index (χ4v) is 6.84. The van der Waals surface area contributed by atoms with Gasteiger partial charge in [0.15, 0.2) is 0 Å². The lowest BCUT2D eigenvalue weighted by atomic mass is 9.95. The van der Waals surface area contributed by atoms with Gasteiger partial charge in [0.25, 0.3) is 0 Å². The van der Waals surface area contributed by atoms with Crippen molar-refractivity contribution in [2.45, 2.75) is 57.8 Å². The van der Waals surface area contributed by atoms with Gasteiger partial charge in [-0.05, 0) is 57.8 Å². The van der Waals surface area contributed by atoms with Gasteiger partial charge in [-0.25, -0.2) is 4.39 Å². The third-order valence-corrected chi connectivity index (χ3v) is 9.21. The van der Waals surface area contributed by atoms with Crippen molar-refractivity contribution in [1.29, 1.82) is 0 Å². The van der Waals surface area contributed by atoms with Crippen molar-refractivity contribution in [1.82, 2.24) is 24.8 Å². The molecule has 4 aromatic rings. The molecule has 10 heteroatoms. The zero-order chi connectivity index (χ0) is 28.1. The number of nitrogens with zero attached hydrogens (tertiary/aromatic N) is 7. The Morgan fingerprint density at radius 3 is 2.78 bits per heavy atom. The predicted molar refractivity (Wildman–Crippen MR) is 158 cm³/mol. The van der Waals surface area contributed by atoms with Crippen molar-refractivity contribution in [3.8, 4) is 6.01 Å². The Kier molecular flexibility index (Phi) is 6.87. The Bertz CT molecular complexity index is 1610. The zero-order valence-corrected chi connectivity index (χ0v) is 24.1. The van der Waals surface area contributed by atoms with Crippen molar-refractivity contribution in [3.63, 3.8) is 0 Å². The molecule has 0 unspecified atom stereocenters. The van der Waals surface area contributed by atoms with E-state index in [-0.39, 0.29) is 11.9 Å². The van der Waals surface area contributed by atoms with Crippen molar-refractivity contribution in [3.05, 3.63) is 76.2 Å². The van der Waals surface area contributed by atoms with Gasteiger partial charge >= 0.3 is 6.01 Å². The standard InChI is InChI=1S/C31H33ClFN7O/c1-19-11-21-13-34-14-26(33)24(21)16-40(19)30-23-8-10-39(28-15-35-12-20-5-3-7-25(32)29(20)28)17-27(23)36-31(37-30)41-18-22-6-4-9-38(22)2/h3,5,7,12-15,19,22H,4,6,8-11,16-18H2,1-2H3/t19-,22+/m1/s1. The van der Waals surface area contributed by atoms with Crippen LogP contribution in [-0.4, -0.2) is 63.7 Å². The predicted octanol–water partition coefficient (Wildman–Crippen LogP) is 5.20. The third kappa shape index (κ3) is 4.85. The summed E-state index contributed by atoms with van der Waals surface area (Å²) in [5.74, 6) is 0.572. The number of likely N-dealkylation sites (tertiary alicyclic amines) is 1. The summed E-state index contributed by atoms with van der Waals surface area (Å²) in [4.78, 5) is 25.4. The lowest BCUT2D eigenvalue weighted by molar-refractivity contribution is 0.187. The molecule has 0 N–H and O–H groups in total. The third-order valence-electron chi connectivity index (χ3n) is 8.89. The van der Waals surface area contributed by atoms with Crippen LogP contribution in [0.1, 0.15) is 42.1 Å². The summed E-state index contributed by atoms with van der Waals surface area (Å²) in [7, 11) is 2.14. The van der Waals surface area contributed by atoms with E-state index in [2.05, 4.69) is 38.6 Å². The zero-order valence-electron chi connectivity index (χ0n) is 23.4. The van der Waals surface area contributed by atoms with Crippen molar-refractivity contribution in [2.24, 2.45) is 0 Å². The Morgan fingerprint density at radius 1 is 1.05 bits per heavy atom. The highest BCUT2D eigenvalue weighted by Gasteiger charge is 2.32. The molecule has 1 aromatic carbocycles. The van der Waals surface area contributed by atoms with E-state index in [0.29, 0.717) is 48.8 Å². The van der Waals surface area contributed by atoms with Crippen LogP contribution in [0.4, 0.5) is 15.9 Å². The summed E-state index contributed by atoms with van der Waals surface area (Å²) in [6.45, 7) is 5.56. The van der Waals surface area contributed by atoms with Gasteiger partial charge in [-0.3, -0.25) is 9.97 Å². The molecule has 6 heterocycles. The second-order valence-electron chi connectivity index (χ2n) is 11.5. The van der Waals surface area contributed by atoms with E-state index in [4.69, 9.17) is 26.3 Å². The number of hydrogen-bond donors (Lipinski definition) is 0. The molecular formula is C31H33ClFN7O. The fraction of sp³-hybridized carbons (Fsp3) is 0.419. The largest absolute Gasteiger partial charge is 0.462 e. The highest BCUT2D eigenvalue weighted by atomic mass is 35.5. The van der Waals surface area contributed by atoms with Crippen LogP contribution in [0, 0.1) is 5.82 Å². The quantitative estimate of drug-likeness (QED) is 0.323. The number of fused-ring (bicyclic) bond motifs is 3. The van der Waals surface area contributed by atoms with E-state index in [1.54, 1.807) is 6.20 Å². The summed E-state index contributed by atoms with van der Waals surface area (Å²) in [5, 5.41) is 2.70. The van der Waals surface area contributed by atoms with Crippen LogP contribution in [0.25, 0.3) is 10.8 Å². The minimum Gasteiger partial charge on any atom is -0.462 e. The molecule has 3 aliphatic rings. The molecule has 212 valence electrons. The number of benzene rings is 1. The maximum atomic E-state index is 14.9. The highest BCUT2D eigenvalue weighted by molar-refractivity contribution is 6.36. The number of pyridine rings is 2. The molecule has 0 aliphatic carbocycles. The van der Waals surface area contributed by atoms with Crippen LogP contribution in [0.2, 0.25) is 5.02 Å². The van der Waals surface area contributed by atoms with Crippen molar-refractivity contribution in [2.75, 3.05) is 36.5 Å². The summed E-state index contributed by atoms with van der Waals surface area (Å²) in [6.07, 6.45) is 10.5. The minimum absolute atomic E-state index is 0.123. The number of halogens is 2. The van der Waals surface area contributed by atoms with Crippen LogP contribution in [0.5, 0.6) is 6.01 Å². The average molecular weight is 574 g/mol. The second kappa shape index (κ2) is 10.7. The first-order valence-electron chi connectivity index (χ1n) is 14.3. The second-order valence-corrected chi connectivity index (χ2v) is 11.9. The number of ether oxygens (including phenoxy) is 1. The summed E-state index contributed by atoms with van der Waals surface area (Å²) < 4.78 is 21.2. The number of hydrogen-bond acceptors (Lipinski definition) is 8. The van der Waals surface area contributed by atoms with Gasteiger partial charge in [-0.2, -0.15) is 9.97 Å². The lowest BCUT2D eigenvalue weighted by Crippen LogP contribution is -2.41. The molecule has 1 saturated heterocycles. The summed E-state index contributed by atoms with van der Waals surface area (Å²) >= 11 is 6.67. The van der Waals surface area contributed by atoms with Gasteiger partial charge in [0, 0.05) is 59.5 Å². The van der Waals surface area contributed by atoms with Crippen LogP contribution < -0.4 is 14.5 Å². The van der Waals surface area contributed by atoms with E-state index in [9.17, 15) is 4.39 Å². The molecule has 7 rings (SSSR count). The SMILES string of the molecule is C[C@@H]1Cc2cncc(F)c2CN1c1nc(OC[C@@H]2CCCN2C)nc2c1CCN(c1cncc3cccc(Cl)c13)C2. The van der Waals surface area contributed by atoms with E-state index in [0.717, 1.165) is 65.0 Å². The first kappa shape index (κ1) is 26.3. The molecular weight excluding hydrogens is 541 g/mol. The molecule has 0 amide bonds. The summed E-state index contributed by atoms with van der Waals surface area (Å²) in [5.41, 5.74) is 4.66. The summed E-state index contributed by atoms with van der Waals surface area (Å²) in [6, 6.07) is 6.75. The van der Waals surface area contributed by atoms with Crippen molar-refractivity contribution < 1.29 is 9.13 Å². The molecule has 3 aromatic heterocycles. The molecule has 0 spiro atoms. The van der Waals surface area contributed by atoms with Gasteiger partial charge in [-0.1, -0.05) is 23.7 Å². The Balaban J connectivity index is 1.27. The van der Waals surface area contributed by atoms with Crippen LogP contribution in [0.15, 0.2) is 43.0 Å². The average Bonchev–Trinajstić information content (AvgIpc) is 3.39. The lowest BCUT2D eigenvalue weighted by Gasteiger charge is -2.39. The molecule has 41 heavy (non-hydrogen) atoms. The van der Waals surface area contributed by atoms with E-state index >= 15 is 0 Å². The van der Waals surface area contributed by atoms with Gasteiger partial charge in [0.2, 0.25) is 0 Å². The van der Waals surface area contributed by atoms with E-state index in [1.807, 2.05) is 30.6 Å². The van der Waals surface area contributed by atoms with Gasteiger partial charge in [0.1, 0.15) is 18.2 Å². The monoisotopic (exact) mass is 573 g/mol. The number of likely N-dealkylation sites (N-methyl/N-ethyl adjacent to an activating group) is 1. The van der Waals surface area contributed by atoms with Gasteiger partial charge in [-0.15, -0.1) is 0 Å². The molecule has 0 bridgehead atoms. The highest BCUT2D eigenvalue weighted by Crippen LogP contribution is 2.38. The van der Waals surface area contributed by atoms with Gasteiger partial charge in [0.05, 0.1) is 35.3 Å². The fourth-order valence-electron chi connectivity index (χ4n) is 6.56. The molecule has 3 aliphatic heterocycles. The first-order valence-corrected chi connectivity index (χ1v) is 14.7. The van der Waals surface area contributed by atoms with E-state index < -0.39 is 0 Å². The number of aromatic nitrogens is 4. The Morgan fingerprint density at radius 2 is 1.93 bits per heavy atom.